The molecule has 0 radical (unpaired) electrons. The molecule has 7 nitrogen and oxygen atoms in total. The van der Waals surface area contributed by atoms with Crippen LogP contribution in [0.5, 0.6) is 17.2 Å². The summed E-state index contributed by atoms with van der Waals surface area (Å²) in [5.41, 5.74) is 4.16. The molecule has 0 fully saturated rings. The summed E-state index contributed by atoms with van der Waals surface area (Å²) in [4.78, 5) is 28.5. The summed E-state index contributed by atoms with van der Waals surface area (Å²) in [5.74, 6) is 0.759. The molecule has 0 bridgehead atoms. The zero-order valence-corrected chi connectivity index (χ0v) is 18.5. The fourth-order valence-corrected chi connectivity index (χ4v) is 4.13. The number of amides is 2. The molecule has 1 N–H and O–H groups in total. The zero-order chi connectivity index (χ0) is 23.1. The van der Waals surface area contributed by atoms with E-state index in [0.29, 0.717) is 39.8 Å². The number of nitrogens with one attached hydrogen (secondary N) is 1. The molecule has 166 valence electrons. The molecule has 2 amide bonds. The van der Waals surface area contributed by atoms with Crippen molar-refractivity contribution in [2.45, 2.75) is 13.8 Å². The highest BCUT2D eigenvalue weighted by molar-refractivity contribution is 6.46. The molecule has 2 aliphatic rings. The Morgan fingerprint density at radius 3 is 2.48 bits per heavy atom. The quantitative estimate of drug-likeness (QED) is 0.589. The second kappa shape index (κ2) is 8.02. The average Bonchev–Trinajstić information content (AvgIpc) is 3.36. The Labute approximate surface area is 191 Å². The molecule has 5 rings (SSSR count). The van der Waals surface area contributed by atoms with Gasteiger partial charge in [0.1, 0.15) is 11.4 Å². The maximum absolute atomic E-state index is 13.7. The molecule has 0 unspecified atom stereocenters. The number of para-hydroxylation sites is 2. The van der Waals surface area contributed by atoms with Gasteiger partial charge in [-0.1, -0.05) is 35.9 Å². The van der Waals surface area contributed by atoms with Crippen molar-refractivity contribution in [1.29, 1.82) is 0 Å². The Hall–Kier alpha value is -4.26. The lowest BCUT2D eigenvalue weighted by atomic mass is 9.97. The zero-order valence-electron chi connectivity index (χ0n) is 18.5. The predicted molar refractivity (Wildman–Crippen MR) is 125 cm³/mol. The van der Waals surface area contributed by atoms with Crippen molar-refractivity contribution in [3.63, 3.8) is 0 Å². The van der Waals surface area contributed by atoms with Crippen LogP contribution in [-0.4, -0.2) is 25.7 Å². The fraction of sp³-hybridized carbons (Fsp3) is 0.154. The number of hydrogen-bond donors (Lipinski definition) is 1. The number of nitrogens with zero attached hydrogens (tertiary/aromatic N) is 1. The normalized spacial score (nSPS) is 14.8. The summed E-state index contributed by atoms with van der Waals surface area (Å²) < 4.78 is 16.2. The molecule has 2 heterocycles. The highest BCUT2D eigenvalue weighted by Crippen LogP contribution is 2.40. The number of fused-ring (bicyclic) bond motifs is 1. The lowest BCUT2D eigenvalue weighted by Crippen LogP contribution is -2.32. The molecule has 7 heteroatoms. The summed E-state index contributed by atoms with van der Waals surface area (Å²) in [6.45, 7) is 4.02. The summed E-state index contributed by atoms with van der Waals surface area (Å²) in [6, 6.07) is 18.1. The van der Waals surface area contributed by atoms with Crippen molar-refractivity contribution in [1.82, 2.24) is 0 Å². The van der Waals surface area contributed by atoms with E-state index in [1.54, 1.807) is 37.4 Å². The van der Waals surface area contributed by atoms with E-state index in [2.05, 4.69) is 5.32 Å². The standard InChI is InChI=1S/C26H22N2O5/c1-15-8-10-18(16(2)12-15)23-24(27-19-6-4-5-7-20(19)31-3)26(30)28(25(23)29)17-9-11-21-22(13-17)33-14-32-21/h4-13,27H,14H2,1-3H3. The topological polar surface area (TPSA) is 77.1 Å². The van der Waals surface area contributed by atoms with Crippen molar-refractivity contribution in [2.24, 2.45) is 0 Å². The van der Waals surface area contributed by atoms with Gasteiger partial charge in [0.25, 0.3) is 11.8 Å². The maximum Gasteiger partial charge on any atom is 0.282 e. The van der Waals surface area contributed by atoms with Crippen LogP contribution in [0.15, 0.2) is 66.4 Å². The van der Waals surface area contributed by atoms with Gasteiger partial charge in [-0.3, -0.25) is 9.59 Å². The van der Waals surface area contributed by atoms with Crippen LogP contribution in [-0.2, 0) is 9.59 Å². The van der Waals surface area contributed by atoms with Gasteiger partial charge in [0, 0.05) is 6.07 Å². The minimum Gasteiger partial charge on any atom is -0.495 e. The number of ether oxygens (including phenoxy) is 3. The predicted octanol–water partition coefficient (Wildman–Crippen LogP) is 4.44. The van der Waals surface area contributed by atoms with Crippen LogP contribution in [0.2, 0.25) is 0 Å². The fourth-order valence-electron chi connectivity index (χ4n) is 4.13. The molecule has 0 spiro atoms. The first-order valence-electron chi connectivity index (χ1n) is 10.5. The van der Waals surface area contributed by atoms with Crippen LogP contribution in [0.4, 0.5) is 11.4 Å². The smallest absolute Gasteiger partial charge is 0.282 e. The van der Waals surface area contributed by atoms with Gasteiger partial charge >= 0.3 is 0 Å². The second-order valence-corrected chi connectivity index (χ2v) is 7.88. The highest BCUT2D eigenvalue weighted by atomic mass is 16.7. The van der Waals surface area contributed by atoms with Crippen molar-refractivity contribution >= 4 is 28.8 Å². The van der Waals surface area contributed by atoms with Crippen LogP contribution in [0, 0.1) is 13.8 Å². The van der Waals surface area contributed by atoms with Crippen LogP contribution in [0.3, 0.4) is 0 Å². The number of benzene rings is 3. The first-order chi connectivity index (χ1) is 16.0. The molecule has 3 aromatic rings. The third kappa shape index (κ3) is 3.47. The summed E-state index contributed by atoms with van der Waals surface area (Å²) in [6.07, 6.45) is 0. The summed E-state index contributed by atoms with van der Waals surface area (Å²) in [7, 11) is 1.56. The van der Waals surface area contributed by atoms with Gasteiger partial charge in [-0.05, 0) is 49.2 Å². The summed E-state index contributed by atoms with van der Waals surface area (Å²) >= 11 is 0. The van der Waals surface area contributed by atoms with Gasteiger partial charge in [-0.25, -0.2) is 4.90 Å². The molecular formula is C26H22N2O5. The van der Waals surface area contributed by atoms with Crippen molar-refractivity contribution < 1.29 is 23.8 Å². The van der Waals surface area contributed by atoms with E-state index in [1.807, 2.05) is 44.2 Å². The number of aryl methyl sites for hydroxylation is 2. The molecule has 0 atom stereocenters. The van der Waals surface area contributed by atoms with E-state index in [4.69, 9.17) is 14.2 Å². The Bertz CT molecular complexity index is 1330. The third-order valence-corrected chi connectivity index (χ3v) is 5.72. The molecule has 0 saturated heterocycles. The Kier molecular flexibility index (Phi) is 5.01. The molecular weight excluding hydrogens is 420 g/mol. The van der Waals surface area contributed by atoms with E-state index in [9.17, 15) is 9.59 Å². The number of carbonyl (C=O) groups is 2. The number of hydrogen-bond acceptors (Lipinski definition) is 6. The van der Waals surface area contributed by atoms with Crippen LogP contribution in [0.25, 0.3) is 5.57 Å². The van der Waals surface area contributed by atoms with Crippen LogP contribution < -0.4 is 24.4 Å². The van der Waals surface area contributed by atoms with Gasteiger partial charge in [0.15, 0.2) is 11.5 Å². The lowest BCUT2D eigenvalue weighted by molar-refractivity contribution is -0.120. The first kappa shape index (κ1) is 20.6. The number of anilines is 2. The monoisotopic (exact) mass is 442 g/mol. The minimum absolute atomic E-state index is 0.105. The van der Waals surface area contributed by atoms with Crippen molar-refractivity contribution in [2.75, 3.05) is 24.1 Å². The average molecular weight is 442 g/mol. The van der Waals surface area contributed by atoms with E-state index < -0.39 is 11.8 Å². The maximum atomic E-state index is 13.7. The SMILES string of the molecule is COc1ccccc1NC1=C(c2ccc(C)cc2C)C(=O)N(c2ccc3c(c2)OCO3)C1=O. The third-order valence-electron chi connectivity index (χ3n) is 5.72. The highest BCUT2D eigenvalue weighted by Gasteiger charge is 2.41. The van der Waals surface area contributed by atoms with Gasteiger partial charge < -0.3 is 19.5 Å². The lowest BCUT2D eigenvalue weighted by Gasteiger charge is -2.16. The molecule has 3 aromatic carbocycles. The minimum atomic E-state index is -0.459. The summed E-state index contributed by atoms with van der Waals surface area (Å²) in [5, 5.41) is 3.17. The van der Waals surface area contributed by atoms with Gasteiger partial charge in [-0.2, -0.15) is 0 Å². The Morgan fingerprint density at radius 2 is 1.70 bits per heavy atom. The van der Waals surface area contributed by atoms with Crippen molar-refractivity contribution in [3.05, 3.63) is 83.1 Å². The molecule has 2 aliphatic heterocycles. The van der Waals surface area contributed by atoms with E-state index >= 15 is 0 Å². The largest absolute Gasteiger partial charge is 0.495 e. The Balaban J connectivity index is 1.64. The van der Waals surface area contributed by atoms with E-state index in [-0.39, 0.29) is 12.5 Å². The molecule has 0 aliphatic carbocycles. The number of methoxy groups -OCH3 is 1. The first-order valence-corrected chi connectivity index (χ1v) is 10.5. The Morgan fingerprint density at radius 1 is 0.909 bits per heavy atom. The van der Waals surface area contributed by atoms with Crippen LogP contribution >= 0.6 is 0 Å². The van der Waals surface area contributed by atoms with Gasteiger partial charge in [0.2, 0.25) is 6.79 Å². The molecule has 0 aromatic heterocycles. The number of carbonyl (C=O) groups excluding carboxylic acids is 2. The number of imide groups is 1. The van der Waals surface area contributed by atoms with E-state index in [0.717, 1.165) is 16.0 Å². The van der Waals surface area contributed by atoms with Crippen molar-refractivity contribution in [3.8, 4) is 17.2 Å². The number of rotatable bonds is 5. The van der Waals surface area contributed by atoms with E-state index in [1.165, 1.54) is 0 Å². The molecule has 33 heavy (non-hydrogen) atoms. The van der Waals surface area contributed by atoms with Gasteiger partial charge in [-0.15, -0.1) is 0 Å². The van der Waals surface area contributed by atoms with Gasteiger partial charge in [0.05, 0.1) is 24.1 Å². The van der Waals surface area contributed by atoms with Crippen LogP contribution in [0.1, 0.15) is 16.7 Å². The molecule has 0 saturated carbocycles. The second-order valence-electron chi connectivity index (χ2n) is 7.88.